The van der Waals surface area contributed by atoms with Gasteiger partial charge in [0.1, 0.15) is 0 Å². The lowest BCUT2D eigenvalue weighted by atomic mass is 10.1. The van der Waals surface area contributed by atoms with Gasteiger partial charge in [-0.3, -0.25) is 0 Å². The average molecular weight is 159 g/mol. The Hall–Kier alpha value is -1.57. The molecule has 0 radical (unpaired) electrons. The SMILES string of the molecule is Cc1cccc2cc(O)ncc12. The van der Waals surface area contributed by atoms with Gasteiger partial charge in [0.05, 0.1) is 0 Å². The Kier molecular flexibility index (Phi) is 1.47. The molecule has 0 saturated carbocycles. The van der Waals surface area contributed by atoms with Gasteiger partial charge in [0, 0.05) is 17.6 Å². The molecule has 0 unspecified atom stereocenters. The van der Waals surface area contributed by atoms with E-state index in [4.69, 9.17) is 5.11 Å². The third-order valence-corrected chi connectivity index (χ3v) is 1.97. The topological polar surface area (TPSA) is 33.1 Å². The second-order valence-corrected chi connectivity index (χ2v) is 2.84. The van der Waals surface area contributed by atoms with Crippen LogP contribution in [-0.2, 0) is 0 Å². The molecule has 1 heterocycles. The van der Waals surface area contributed by atoms with Gasteiger partial charge in [-0.05, 0) is 17.9 Å². The first-order valence-electron chi connectivity index (χ1n) is 3.82. The second-order valence-electron chi connectivity index (χ2n) is 2.84. The summed E-state index contributed by atoms with van der Waals surface area (Å²) in [6, 6.07) is 7.63. The highest BCUT2D eigenvalue weighted by molar-refractivity contribution is 5.85. The maximum absolute atomic E-state index is 9.11. The number of benzene rings is 1. The zero-order valence-corrected chi connectivity index (χ0v) is 6.78. The monoisotopic (exact) mass is 159 g/mol. The molecule has 1 aromatic heterocycles. The number of fused-ring (bicyclic) bond motifs is 1. The van der Waals surface area contributed by atoms with Gasteiger partial charge in [0.2, 0.25) is 5.88 Å². The fraction of sp³-hybridized carbons (Fsp3) is 0.100. The molecule has 60 valence electrons. The van der Waals surface area contributed by atoms with E-state index in [1.54, 1.807) is 12.3 Å². The number of rotatable bonds is 0. The van der Waals surface area contributed by atoms with Crippen molar-refractivity contribution in [2.75, 3.05) is 0 Å². The molecule has 0 bridgehead atoms. The van der Waals surface area contributed by atoms with E-state index in [0.29, 0.717) is 0 Å². The summed E-state index contributed by atoms with van der Waals surface area (Å²) in [5.41, 5.74) is 1.18. The minimum atomic E-state index is 0.0769. The molecule has 0 amide bonds. The molecule has 1 aromatic carbocycles. The normalized spacial score (nSPS) is 10.4. The lowest BCUT2D eigenvalue weighted by Crippen LogP contribution is -1.79. The summed E-state index contributed by atoms with van der Waals surface area (Å²) < 4.78 is 0. The van der Waals surface area contributed by atoms with Crippen LogP contribution in [-0.4, -0.2) is 10.1 Å². The Morgan fingerprint density at radius 3 is 3.00 bits per heavy atom. The molecule has 0 atom stereocenters. The van der Waals surface area contributed by atoms with E-state index in [0.717, 1.165) is 10.8 Å². The van der Waals surface area contributed by atoms with Gasteiger partial charge in [0.15, 0.2) is 0 Å². The highest BCUT2D eigenvalue weighted by Crippen LogP contribution is 2.19. The van der Waals surface area contributed by atoms with Crippen molar-refractivity contribution < 1.29 is 5.11 Å². The Bertz CT molecular complexity index is 423. The zero-order valence-electron chi connectivity index (χ0n) is 6.78. The van der Waals surface area contributed by atoms with Crippen LogP contribution in [0.2, 0.25) is 0 Å². The Labute approximate surface area is 70.5 Å². The van der Waals surface area contributed by atoms with Crippen LogP contribution < -0.4 is 0 Å². The van der Waals surface area contributed by atoms with Crippen LogP contribution in [0.15, 0.2) is 30.5 Å². The summed E-state index contributed by atoms with van der Waals surface area (Å²) in [5.74, 6) is 0.0769. The molecule has 2 heteroatoms. The first kappa shape index (κ1) is 7.10. The molecule has 0 aliphatic heterocycles. The van der Waals surface area contributed by atoms with Crippen LogP contribution in [0.25, 0.3) is 10.8 Å². The maximum Gasteiger partial charge on any atom is 0.211 e. The van der Waals surface area contributed by atoms with E-state index in [1.165, 1.54) is 5.56 Å². The van der Waals surface area contributed by atoms with Crippen molar-refractivity contribution in [2.24, 2.45) is 0 Å². The standard InChI is InChI=1S/C10H9NO/c1-7-3-2-4-8-5-10(12)11-6-9(7)8/h2-6H,1H3,(H,11,12). The smallest absolute Gasteiger partial charge is 0.211 e. The van der Waals surface area contributed by atoms with Crippen LogP contribution in [0.4, 0.5) is 0 Å². The minimum Gasteiger partial charge on any atom is -0.493 e. The van der Waals surface area contributed by atoms with E-state index in [9.17, 15) is 0 Å². The number of pyridine rings is 1. The van der Waals surface area contributed by atoms with Gasteiger partial charge in [-0.1, -0.05) is 18.2 Å². The van der Waals surface area contributed by atoms with Crippen LogP contribution >= 0.6 is 0 Å². The molecule has 0 spiro atoms. The predicted octanol–water partition coefficient (Wildman–Crippen LogP) is 2.25. The van der Waals surface area contributed by atoms with Crippen molar-refractivity contribution in [1.29, 1.82) is 0 Å². The van der Waals surface area contributed by atoms with Gasteiger partial charge >= 0.3 is 0 Å². The summed E-state index contributed by atoms with van der Waals surface area (Å²) in [6.45, 7) is 2.03. The largest absolute Gasteiger partial charge is 0.493 e. The van der Waals surface area contributed by atoms with Crippen molar-refractivity contribution in [3.63, 3.8) is 0 Å². The molecule has 0 saturated heterocycles. The van der Waals surface area contributed by atoms with Crippen molar-refractivity contribution in [2.45, 2.75) is 6.92 Å². The third kappa shape index (κ3) is 1.01. The van der Waals surface area contributed by atoms with Crippen LogP contribution in [0.3, 0.4) is 0 Å². The quantitative estimate of drug-likeness (QED) is 0.639. The number of aromatic nitrogens is 1. The van der Waals surface area contributed by atoms with E-state index in [2.05, 4.69) is 4.98 Å². The lowest BCUT2D eigenvalue weighted by molar-refractivity contribution is 0.454. The molecule has 12 heavy (non-hydrogen) atoms. The fourth-order valence-electron chi connectivity index (χ4n) is 1.31. The summed E-state index contributed by atoms with van der Waals surface area (Å²) in [5, 5.41) is 11.2. The van der Waals surface area contributed by atoms with Crippen molar-refractivity contribution in [3.05, 3.63) is 36.0 Å². The number of aromatic hydroxyl groups is 1. The highest BCUT2D eigenvalue weighted by atomic mass is 16.3. The van der Waals surface area contributed by atoms with Crippen molar-refractivity contribution in [3.8, 4) is 5.88 Å². The van der Waals surface area contributed by atoms with E-state index in [1.807, 2.05) is 25.1 Å². The number of nitrogens with zero attached hydrogens (tertiary/aromatic N) is 1. The second kappa shape index (κ2) is 2.48. The Balaban J connectivity index is 2.86. The summed E-state index contributed by atoms with van der Waals surface area (Å²) in [4.78, 5) is 3.82. The fourth-order valence-corrected chi connectivity index (χ4v) is 1.31. The number of hydrogen-bond donors (Lipinski definition) is 1. The van der Waals surface area contributed by atoms with E-state index in [-0.39, 0.29) is 5.88 Å². The van der Waals surface area contributed by atoms with Crippen molar-refractivity contribution >= 4 is 10.8 Å². The van der Waals surface area contributed by atoms with Gasteiger partial charge in [-0.15, -0.1) is 0 Å². The third-order valence-electron chi connectivity index (χ3n) is 1.97. The van der Waals surface area contributed by atoms with Crippen LogP contribution in [0.1, 0.15) is 5.56 Å². The summed E-state index contributed by atoms with van der Waals surface area (Å²) in [6.07, 6.45) is 1.69. The van der Waals surface area contributed by atoms with Gasteiger partial charge in [0.25, 0.3) is 0 Å². The maximum atomic E-state index is 9.11. The minimum absolute atomic E-state index is 0.0769. The molecule has 1 N–H and O–H groups in total. The van der Waals surface area contributed by atoms with Gasteiger partial charge < -0.3 is 5.11 Å². The van der Waals surface area contributed by atoms with Gasteiger partial charge in [-0.2, -0.15) is 0 Å². The lowest BCUT2D eigenvalue weighted by Gasteiger charge is -2.00. The van der Waals surface area contributed by atoms with E-state index < -0.39 is 0 Å². The summed E-state index contributed by atoms with van der Waals surface area (Å²) >= 11 is 0. The highest BCUT2D eigenvalue weighted by Gasteiger charge is 1.97. The van der Waals surface area contributed by atoms with Crippen molar-refractivity contribution in [1.82, 2.24) is 4.98 Å². The van der Waals surface area contributed by atoms with Crippen LogP contribution in [0.5, 0.6) is 5.88 Å². The Morgan fingerprint density at radius 2 is 2.17 bits per heavy atom. The Morgan fingerprint density at radius 1 is 1.33 bits per heavy atom. The molecular weight excluding hydrogens is 150 g/mol. The first-order valence-corrected chi connectivity index (χ1v) is 3.82. The number of aryl methyl sites for hydroxylation is 1. The summed E-state index contributed by atoms with van der Waals surface area (Å²) in [7, 11) is 0. The number of hydrogen-bond acceptors (Lipinski definition) is 2. The first-order chi connectivity index (χ1) is 5.77. The molecule has 0 aliphatic rings. The molecule has 0 fully saturated rings. The average Bonchev–Trinajstić information content (AvgIpc) is 2.04. The molecule has 0 aliphatic carbocycles. The van der Waals surface area contributed by atoms with Gasteiger partial charge in [-0.25, -0.2) is 4.98 Å². The molecule has 2 aromatic rings. The molecule has 2 rings (SSSR count). The molecule has 2 nitrogen and oxygen atoms in total. The predicted molar refractivity (Wildman–Crippen MR) is 48.1 cm³/mol. The van der Waals surface area contributed by atoms with E-state index >= 15 is 0 Å². The molecular formula is C10H9NO. The zero-order chi connectivity index (χ0) is 8.55. The van der Waals surface area contributed by atoms with Crippen LogP contribution in [0, 0.1) is 6.92 Å².